The molecule has 1 saturated carbocycles. The summed E-state index contributed by atoms with van der Waals surface area (Å²) in [7, 11) is -4.38. The third kappa shape index (κ3) is 3.52. The van der Waals surface area contributed by atoms with Crippen LogP contribution in [0.2, 0.25) is 5.02 Å². The Kier molecular flexibility index (Phi) is 5.33. The number of aromatic amines is 1. The van der Waals surface area contributed by atoms with Crippen molar-refractivity contribution in [1.29, 1.82) is 0 Å². The highest BCUT2D eigenvalue weighted by molar-refractivity contribution is 7.91. The highest BCUT2D eigenvalue weighted by Gasteiger charge is 2.27. The number of sulfone groups is 1. The van der Waals surface area contributed by atoms with Crippen LogP contribution in [-0.4, -0.2) is 27.9 Å². The zero-order valence-corrected chi connectivity index (χ0v) is 19.7. The predicted molar refractivity (Wildman–Crippen MR) is 125 cm³/mol. The number of H-pyrrole nitrogens is 1. The van der Waals surface area contributed by atoms with Crippen LogP contribution in [-0.2, 0) is 16.4 Å². The first kappa shape index (κ1) is 22.7. The maximum absolute atomic E-state index is 14.9. The first-order chi connectivity index (χ1) is 16.1. The summed E-state index contributed by atoms with van der Waals surface area (Å²) in [5.74, 6) is 0.629. The van der Waals surface area contributed by atoms with Gasteiger partial charge in [-0.05, 0) is 61.4 Å². The number of benzene rings is 2. The van der Waals surface area contributed by atoms with Crippen LogP contribution >= 0.6 is 11.6 Å². The third-order valence-electron chi connectivity index (χ3n) is 6.61. The van der Waals surface area contributed by atoms with Crippen molar-refractivity contribution >= 4 is 43.2 Å². The smallest absolute Gasteiger partial charge is 0.362 e. The van der Waals surface area contributed by atoms with Gasteiger partial charge in [0.2, 0.25) is 9.84 Å². The molecule has 34 heavy (non-hydrogen) atoms. The molecule has 4 aromatic rings. The fourth-order valence-electron chi connectivity index (χ4n) is 4.80. The van der Waals surface area contributed by atoms with Crippen molar-refractivity contribution < 1.29 is 18.0 Å². The van der Waals surface area contributed by atoms with Gasteiger partial charge in [0, 0.05) is 18.1 Å². The molecule has 2 aromatic carbocycles. The number of fused-ring (bicyclic) bond motifs is 2. The molecule has 8 nitrogen and oxygen atoms in total. The second-order valence-corrected chi connectivity index (χ2v) is 11.2. The molecule has 1 aliphatic rings. The van der Waals surface area contributed by atoms with Crippen LogP contribution in [0.1, 0.15) is 26.2 Å². The molecule has 0 spiro atoms. The van der Waals surface area contributed by atoms with E-state index in [1.807, 2.05) is 4.57 Å². The van der Waals surface area contributed by atoms with Crippen molar-refractivity contribution in [3.63, 3.8) is 0 Å². The standard InChI is InChI=1S/C23H21ClFN3O5S/c1-12-8-13(9-12)4-6-27-7-5-15-17(25)10-14(11-18(15)27)34(32,33)19-3-2-16(24)20-21(19)26-23(30)28(31)22(20)29/h2-3,5,7,10-13,31H,4,6,8-9H2,1H3,(H,26,30). The van der Waals surface area contributed by atoms with Crippen LogP contribution in [0, 0.1) is 17.7 Å². The number of hydrogen-bond donors (Lipinski definition) is 2. The minimum atomic E-state index is -4.38. The molecule has 1 fully saturated rings. The summed E-state index contributed by atoms with van der Waals surface area (Å²) in [4.78, 5) is 25.7. The summed E-state index contributed by atoms with van der Waals surface area (Å²) in [6.45, 7) is 2.84. The number of hydrogen-bond acceptors (Lipinski definition) is 5. The summed E-state index contributed by atoms with van der Waals surface area (Å²) < 4.78 is 43.7. The number of nitrogens with one attached hydrogen (secondary N) is 1. The number of aryl methyl sites for hydroxylation is 1. The summed E-state index contributed by atoms with van der Waals surface area (Å²) in [5.41, 5.74) is -2.31. The molecule has 0 atom stereocenters. The van der Waals surface area contributed by atoms with Crippen LogP contribution < -0.4 is 11.2 Å². The number of rotatable bonds is 5. The van der Waals surface area contributed by atoms with Crippen molar-refractivity contribution in [2.24, 2.45) is 11.8 Å². The van der Waals surface area contributed by atoms with E-state index < -0.39 is 31.8 Å². The van der Waals surface area contributed by atoms with Gasteiger partial charge in [0.25, 0.3) is 5.56 Å². The first-order valence-electron chi connectivity index (χ1n) is 10.8. The molecule has 0 amide bonds. The van der Waals surface area contributed by atoms with Crippen LogP contribution in [0.3, 0.4) is 0 Å². The van der Waals surface area contributed by atoms with E-state index in [-0.39, 0.29) is 25.6 Å². The summed E-state index contributed by atoms with van der Waals surface area (Å²) in [6, 6.07) is 6.23. The molecule has 5 rings (SSSR count). The Morgan fingerprint density at radius 2 is 1.94 bits per heavy atom. The van der Waals surface area contributed by atoms with Gasteiger partial charge in [-0.15, -0.1) is 0 Å². The van der Waals surface area contributed by atoms with Gasteiger partial charge < -0.3 is 14.8 Å². The lowest BCUT2D eigenvalue weighted by Gasteiger charge is -2.32. The monoisotopic (exact) mass is 505 g/mol. The Morgan fingerprint density at radius 1 is 1.21 bits per heavy atom. The zero-order valence-electron chi connectivity index (χ0n) is 18.1. The van der Waals surface area contributed by atoms with E-state index in [1.54, 1.807) is 12.3 Å². The van der Waals surface area contributed by atoms with E-state index in [2.05, 4.69) is 11.9 Å². The van der Waals surface area contributed by atoms with Gasteiger partial charge in [-0.1, -0.05) is 23.3 Å². The number of nitrogens with zero attached hydrogens (tertiary/aromatic N) is 2. The maximum Gasteiger partial charge on any atom is 0.362 e. The zero-order chi connectivity index (χ0) is 24.4. The normalized spacial score (nSPS) is 18.4. The van der Waals surface area contributed by atoms with Gasteiger partial charge in [0.05, 0.1) is 31.2 Å². The first-order valence-corrected chi connectivity index (χ1v) is 12.6. The summed E-state index contributed by atoms with van der Waals surface area (Å²) >= 11 is 6.05. The second kappa shape index (κ2) is 7.99. The molecule has 0 bridgehead atoms. The fraction of sp³-hybridized carbons (Fsp3) is 0.304. The Morgan fingerprint density at radius 3 is 2.65 bits per heavy atom. The molecular formula is C23H21ClFN3O5S. The molecule has 178 valence electrons. The van der Waals surface area contributed by atoms with E-state index in [4.69, 9.17) is 11.6 Å². The topological polar surface area (TPSA) is 114 Å². The van der Waals surface area contributed by atoms with Crippen LogP contribution in [0.15, 0.2) is 55.9 Å². The molecule has 2 aromatic heterocycles. The van der Waals surface area contributed by atoms with Crippen molar-refractivity contribution in [2.45, 2.75) is 42.5 Å². The quantitative estimate of drug-likeness (QED) is 0.399. The predicted octanol–water partition coefficient (Wildman–Crippen LogP) is 3.94. The van der Waals surface area contributed by atoms with E-state index >= 15 is 0 Å². The minimum Gasteiger partial charge on any atom is -0.421 e. The fourth-order valence-corrected chi connectivity index (χ4v) is 6.49. The van der Waals surface area contributed by atoms with Crippen molar-refractivity contribution in [1.82, 2.24) is 14.3 Å². The molecule has 0 saturated heterocycles. The lowest BCUT2D eigenvalue weighted by atomic mass is 9.74. The number of aromatic nitrogens is 3. The van der Waals surface area contributed by atoms with Crippen molar-refractivity contribution in [3.05, 3.63) is 68.2 Å². The van der Waals surface area contributed by atoms with E-state index in [9.17, 15) is 27.6 Å². The maximum atomic E-state index is 14.9. The van der Waals surface area contributed by atoms with E-state index in [0.29, 0.717) is 23.4 Å². The van der Waals surface area contributed by atoms with Crippen LogP contribution in [0.5, 0.6) is 0 Å². The lowest BCUT2D eigenvalue weighted by molar-refractivity contribution is 0.162. The molecule has 0 aliphatic heterocycles. The number of halogens is 2. The van der Waals surface area contributed by atoms with Gasteiger partial charge in [-0.3, -0.25) is 4.79 Å². The van der Waals surface area contributed by atoms with Gasteiger partial charge in [-0.25, -0.2) is 17.6 Å². The molecule has 11 heteroatoms. The van der Waals surface area contributed by atoms with Gasteiger partial charge in [-0.2, -0.15) is 0 Å². The average molecular weight is 506 g/mol. The Balaban J connectivity index is 1.64. The van der Waals surface area contributed by atoms with E-state index in [0.717, 1.165) is 37.3 Å². The van der Waals surface area contributed by atoms with Crippen LogP contribution in [0.4, 0.5) is 4.39 Å². The molecule has 1 aliphatic carbocycles. The summed E-state index contributed by atoms with van der Waals surface area (Å²) in [5, 5.41) is 9.41. The third-order valence-corrected chi connectivity index (χ3v) is 8.70. The van der Waals surface area contributed by atoms with Crippen molar-refractivity contribution in [2.75, 3.05) is 0 Å². The Bertz CT molecular complexity index is 1680. The van der Waals surface area contributed by atoms with E-state index in [1.165, 1.54) is 12.1 Å². The summed E-state index contributed by atoms with van der Waals surface area (Å²) in [6.07, 6.45) is 4.98. The highest BCUT2D eigenvalue weighted by Crippen LogP contribution is 2.36. The Labute approximate surface area is 198 Å². The second-order valence-electron chi connectivity index (χ2n) is 8.92. The lowest BCUT2D eigenvalue weighted by Crippen LogP contribution is -2.33. The van der Waals surface area contributed by atoms with Crippen LogP contribution in [0.25, 0.3) is 21.8 Å². The molecular weight excluding hydrogens is 485 g/mol. The van der Waals surface area contributed by atoms with Gasteiger partial charge in [0.15, 0.2) is 0 Å². The van der Waals surface area contributed by atoms with Gasteiger partial charge >= 0.3 is 5.69 Å². The average Bonchev–Trinajstić information content (AvgIpc) is 3.17. The molecule has 0 unspecified atom stereocenters. The minimum absolute atomic E-state index is 0.154. The molecule has 2 heterocycles. The van der Waals surface area contributed by atoms with Gasteiger partial charge in [0.1, 0.15) is 5.82 Å². The largest absolute Gasteiger partial charge is 0.421 e. The molecule has 2 N–H and O–H groups in total. The SMILES string of the molecule is CC1CC(CCn2ccc3c(F)cc(S(=O)(=O)c4ccc(Cl)c5c(=O)n(O)c(=O)[nH]c45)cc32)C1. The highest BCUT2D eigenvalue weighted by atomic mass is 35.5. The molecule has 0 radical (unpaired) electrons. The Hall–Kier alpha value is -3.11. The van der Waals surface area contributed by atoms with Crippen molar-refractivity contribution in [3.8, 4) is 0 Å².